The van der Waals surface area contributed by atoms with Gasteiger partial charge < -0.3 is 5.21 Å². The molecular formula is C12H15N3O. The third-order valence-electron chi connectivity index (χ3n) is 1.93. The monoisotopic (exact) mass is 217 g/mol. The van der Waals surface area contributed by atoms with Crippen molar-refractivity contribution in [3.63, 3.8) is 0 Å². The van der Waals surface area contributed by atoms with Gasteiger partial charge in [0.1, 0.15) is 0 Å². The highest BCUT2D eigenvalue weighted by Gasteiger charge is 2.22. The van der Waals surface area contributed by atoms with Crippen LogP contribution >= 0.6 is 0 Å². The lowest BCUT2D eigenvalue weighted by Gasteiger charge is -2.13. The first kappa shape index (κ1) is 12.1. The van der Waals surface area contributed by atoms with E-state index in [2.05, 4.69) is 21.6 Å². The Morgan fingerprint density at radius 1 is 1.31 bits per heavy atom. The fourth-order valence-electron chi connectivity index (χ4n) is 1.04. The zero-order valence-corrected chi connectivity index (χ0v) is 9.69. The van der Waals surface area contributed by atoms with E-state index in [1.165, 1.54) is 0 Å². The van der Waals surface area contributed by atoms with Crippen molar-refractivity contribution in [1.82, 2.24) is 0 Å². The molecule has 0 saturated carbocycles. The van der Waals surface area contributed by atoms with Gasteiger partial charge in [0.15, 0.2) is 5.71 Å². The Balaban J connectivity index is 2.84. The van der Waals surface area contributed by atoms with E-state index in [4.69, 9.17) is 0 Å². The average Bonchev–Trinajstić information content (AvgIpc) is 2.24. The molecule has 0 radical (unpaired) electrons. The maximum Gasteiger partial charge on any atom is 0.354 e. The molecule has 0 spiro atoms. The number of para-hydroxylation sites is 1. The summed E-state index contributed by atoms with van der Waals surface area (Å²) < 4.78 is 0. The Morgan fingerprint density at radius 2 is 1.94 bits per heavy atom. The summed E-state index contributed by atoms with van der Waals surface area (Å²) in [6.07, 6.45) is 0. The average molecular weight is 217 g/mol. The Labute approximate surface area is 95.4 Å². The molecule has 16 heavy (non-hydrogen) atoms. The minimum Gasteiger partial charge on any atom is -0.498 e. The van der Waals surface area contributed by atoms with Crippen LogP contribution in [0.3, 0.4) is 0 Å². The summed E-state index contributed by atoms with van der Waals surface area (Å²) in [5.74, 6) is 0. The van der Waals surface area contributed by atoms with Crippen molar-refractivity contribution in [3.05, 3.63) is 40.5 Å². The molecule has 0 unspecified atom stereocenters. The molecule has 0 bridgehead atoms. The second-order valence-corrected chi connectivity index (χ2v) is 4.39. The van der Waals surface area contributed by atoms with Gasteiger partial charge in [0.05, 0.1) is 5.69 Å². The van der Waals surface area contributed by atoms with Gasteiger partial charge in [-0.25, -0.2) is 0 Å². The van der Waals surface area contributed by atoms with Gasteiger partial charge in [0.2, 0.25) is 0 Å². The van der Waals surface area contributed by atoms with Crippen molar-refractivity contribution in [2.75, 3.05) is 5.43 Å². The van der Waals surface area contributed by atoms with Crippen molar-refractivity contribution < 1.29 is 0 Å². The summed E-state index contributed by atoms with van der Waals surface area (Å²) in [6, 6.07) is 11.9. The molecule has 0 saturated heterocycles. The number of nitrogens with zero attached hydrogens (tertiary/aromatic N) is 2. The van der Waals surface area contributed by atoms with Crippen molar-refractivity contribution in [2.24, 2.45) is 10.5 Å². The standard InChI is InChI=1S/C12H15N3O/c1-12(2,3)11(9-13-16)15-14-10-7-5-4-6-8-10/h4-8,14H,1-3H3/b15-11+. The lowest BCUT2D eigenvalue weighted by Crippen LogP contribution is -2.19. The Morgan fingerprint density at radius 3 is 2.44 bits per heavy atom. The van der Waals surface area contributed by atoms with Crippen LogP contribution in [0.25, 0.3) is 5.01 Å². The maximum atomic E-state index is 10.2. The van der Waals surface area contributed by atoms with Gasteiger partial charge in [0, 0.05) is 10.4 Å². The number of nitrogens with one attached hydrogen (secondary N) is 1. The summed E-state index contributed by atoms with van der Waals surface area (Å²) in [5, 5.41) is 17.0. The van der Waals surface area contributed by atoms with E-state index in [0.29, 0.717) is 5.71 Å². The summed E-state index contributed by atoms with van der Waals surface area (Å²) in [7, 11) is 0. The molecule has 1 N–H and O–H groups in total. The Bertz CT molecular complexity index is 421. The SMILES string of the molecule is CC(C)(C)/C(C#[N+][O-])=N/Nc1ccccc1. The van der Waals surface area contributed by atoms with Crippen LogP contribution in [0.2, 0.25) is 0 Å². The Kier molecular flexibility index (Phi) is 3.90. The first-order valence-electron chi connectivity index (χ1n) is 5.01. The van der Waals surface area contributed by atoms with E-state index < -0.39 is 0 Å². The molecule has 1 aromatic rings. The summed E-state index contributed by atoms with van der Waals surface area (Å²) in [5.41, 5.74) is 3.94. The molecule has 0 fully saturated rings. The minimum absolute atomic E-state index is 0.268. The van der Waals surface area contributed by atoms with E-state index in [-0.39, 0.29) is 5.41 Å². The highest BCUT2D eigenvalue weighted by Crippen LogP contribution is 2.16. The first-order valence-corrected chi connectivity index (χ1v) is 5.01. The zero-order valence-electron chi connectivity index (χ0n) is 9.69. The molecule has 4 nitrogen and oxygen atoms in total. The largest absolute Gasteiger partial charge is 0.498 e. The first-order chi connectivity index (χ1) is 7.54. The van der Waals surface area contributed by atoms with Crippen LogP contribution in [0.5, 0.6) is 0 Å². The number of rotatable bonds is 2. The molecule has 0 aromatic heterocycles. The maximum absolute atomic E-state index is 10.2. The molecule has 0 amide bonds. The molecule has 0 aliphatic carbocycles. The van der Waals surface area contributed by atoms with E-state index in [1.807, 2.05) is 51.1 Å². The normalized spacial score (nSPS) is 11.6. The molecule has 0 aliphatic heterocycles. The van der Waals surface area contributed by atoms with Crippen LogP contribution in [0.1, 0.15) is 20.8 Å². The smallest absolute Gasteiger partial charge is 0.354 e. The highest BCUT2D eigenvalue weighted by molar-refractivity contribution is 6.03. The fourth-order valence-corrected chi connectivity index (χ4v) is 1.04. The van der Waals surface area contributed by atoms with Gasteiger partial charge in [-0.3, -0.25) is 5.43 Å². The van der Waals surface area contributed by atoms with Crippen LogP contribution < -0.4 is 5.43 Å². The highest BCUT2D eigenvalue weighted by atomic mass is 16.4. The summed E-state index contributed by atoms with van der Waals surface area (Å²) >= 11 is 0. The number of hydrogen-bond donors (Lipinski definition) is 1. The topological polar surface area (TPSA) is 51.8 Å². The number of hydrogen-bond acceptors (Lipinski definition) is 3. The van der Waals surface area contributed by atoms with E-state index in [0.717, 1.165) is 5.69 Å². The molecule has 0 atom stereocenters. The van der Waals surface area contributed by atoms with Crippen LogP contribution in [-0.4, -0.2) is 5.71 Å². The number of benzene rings is 1. The quantitative estimate of drug-likeness (QED) is 0.610. The number of anilines is 1. The predicted molar refractivity (Wildman–Crippen MR) is 67.6 cm³/mol. The number of hydrazone groups is 1. The minimum atomic E-state index is -0.268. The lowest BCUT2D eigenvalue weighted by molar-refractivity contribution is 0.595. The molecular weight excluding hydrogens is 202 g/mol. The van der Waals surface area contributed by atoms with Crippen molar-refractivity contribution >= 4 is 11.4 Å². The molecule has 0 heterocycles. The molecule has 1 aromatic carbocycles. The summed E-state index contributed by atoms with van der Waals surface area (Å²) in [6.45, 7) is 5.82. The predicted octanol–water partition coefficient (Wildman–Crippen LogP) is 3.33. The third kappa shape index (κ3) is 3.62. The van der Waals surface area contributed by atoms with E-state index in [1.54, 1.807) is 0 Å². The van der Waals surface area contributed by atoms with Gasteiger partial charge >= 0.3 is 6.07 Å². The summed E-state index contributed by atoms with van der Waals surface area (Å²) in [4.78, 5) is 0. The fraction of sp³-hybridized carbons (Fsp3) is 0.333. The second-order valence-electron chi connectivity index (χ2n) is 4.39. The second kappa shape index (κ2) is 5.17. The van der Waals surface area contributed by atoms with E-state index in [9.17, 15) is 5.21 Å². The van der Waals surface area contributed by atoms with Crippen LogP contribution in [0.15, 0.2) is 35.4 Å². The zero-order chi connectivity index (χ0) is 12.0. The molecule has 4 heteroatoms. The van der Waals surface area contributed by atoms with Crippen molar-refractivity contribution in [1.29, 1.82) is 0 Å². The molecule has 0 aliphatic rings. The van der Waals surface area contributed by atoms with Gasteiger partial charge in [0.25, 0.3) is 0 Å². The van der Waals surface area contributed by atoms with Gasteiger partial charge in [-0.15, -0.1) is 0 Å². The van der Waals surface area contributed by atoms with Gasteiger partial charge in [-0.2, -0.15) is 5.10 Å². The van der Waals surface area contributed by atoms with E-state index >= 15 is 0 Å². The van der Waals surface area contributed by atoms with Gasteiger partial charge in [-0.05, 0) is 12.1 Å². The van der Waals surface area contributed by atoms with Crippen LogP contribution in [0, 0.1) is 16.7 Å². The lowest BCUT2D eigenvalue weighted by atomic mass is 9.91. The van der Waals surface area contributed by atoms with Crippen LogP contribution in [0.4, 0.5) is 5.69 Å². The molecule has 1 rings (SSSR count). The van der Waals surface area contributed by atoms with Crippen LogP contribution in [-0.2, 0) is 0 Å². The van der Waals surface area contributed by atoms with Crippen molar-refractivity contribution in [3.8, 4) is 6.07 Å². The third-order valence-corrected chi connectivity index (χ3v) is 1.93. The molecule has 84 valence electrons. The Hall–Kier alpha value is -2.02. The van der Waals surface area contributed by atoms with Gasteiger partial charge in [-0.1, -0.05) is 39.0 Å². The van der Waals surface area contributed by atoms with Crippen molar-refractivity contribution in [2.45, 2.75) is 20.8 Å².